The molecule has 9 nitrogen and oxygen atoms in total. The molecule has 0 unspecified atom stereocenters. The lowest BCUT2D eigenvalue weighted by Crippen LogP contribution is -2.38. The second kappa shape index (κ2) is 8.27. The number of amides is 1. The van der Waals surface area contributed by atoms with Gasteiger partial charge in [0.2, 0.25) is 5.95 Å². The molecule has 0 bridgehead atoms. The fourth-order valence-corrected chi connectivity index (χ4v) is 3.18. The highest BCUT2D eigenvalue weighted by molar-refractivity contribution is 5.92. The van der Waals surface area contributed by atoms with Crippen LogP contribution in [0.25, 0.3) is 5.65 Å². The molecule has 3 aromatic rings. The number of benzene rings is 1. The van der Waals surface area contributed by atoms with E-state index in [9.17, 15) is 4.79 Å². The molecule has 9 heteroatoms. The summed E-state index contributed by atoms with van der Waals surface area (Å²) in [5.41, 5.74) is 6.10. The molecule has 150 valence electrons. The van der Waals surface area contributed by atoms with Crippen molar-refractivity contribution in [3.05, 3.63) is 53.3 Å². The third-order valence-electron chi connectivity index (χ3n) is 4.62. The number of fused-ring (bicyclic) bond motifs is 1. The van der Waals surface area contributed by atoms with Gasteiger partial charge in [-0.2, -0.15) is 10.1 Å². The predicted octanol–water partition coefficient (Wildman–Crippen LogP) is 1.68. The van der Waals surface area contributed by atoms with Gasteiger partial charge < -0.3 is 15.0 Å². The summed E-state index contributed by atoms with van der Waals surface area (Å²) in [5.74, 6) is 1.01. The summed E-state index contributed by atoms with van der Waals surface area (Å²) in [5, 5.41) is 6.91. The van der Waals surface area contributed by atoms with Gasteiger partial charge in [0, 0.05) is 32.4 Å². The van der Waals surface area contributed by atoms with Gasteiger partial charge in [-0.1, -0.05) is 29.8 Å². The van der Waals surface area contributed by atoms with Crippen molar-refractivity contribution in [1.82, 2.24) is 19.7 Å². The van der Waals surface area contributed by atoms with Crippen molar-refractivity contribution in [3.63, 3.8) is 0 Å². The number of nitrogens with one attached hydrogen (secondary N) is 2. The van der Waals surface area contributed by atoms with E-state index in [1.54, 1.807) is 25.5 Å². The van der Waals surface area contributed by atoms with E-state index in [4.69, 9.17) is 9.72 Å². The highest BCUT2D eigenvalue weighted by Crippen LogP contribution is 2.21. The number of hydrogen-bond acceptors (Lipinski definition) is 7. The monoisotopic (exact) mass is 393 g/mol. The van der Waals surface area contributed by atoms with E-state index in [1.807, 2.05) is 35.6 Å². The molecule has 4 rings (SSSR count). The predicted molar refractivity (Wildman–Crippen MR) is 112 cm³/mol. The zero-order chi connectivity index (χ0) is 20.2. The minimum absolute atomic E-state index is 0.242. The SMILES string of the molecule is CNC(=O)c1cn2c(N3CCOCC3)nc(N/N=C/c3cccc(C)c3)cc2n1. The number of imidazole rings is 1. The summed E-state index contributed by atoms with van der Waals surface area (Å²) >= 11 is 0. The second-order valence-electron chi connectivity index (χ2n) is 6.76. The maximum absolute atomic E-state index is 12.0. The Labute approximate surface area is 168 Å². The molecular weight excluding hydrogens is 370 g/mol. The van der Waals surface area contributed by atoms with Crippen molar-refractivity contribution in [2.24, 2.45) is 5.10 Å². The molecular formula is C20H23N7O2. The first-order valence-corrected chi connectivity index (χ1v) is 9.45. The molecule has 1 saturated heterocycles. The minimum atomic E-state index is -0.242. The number of rotatable bonds is 5. The average molecular weight is 393 g/mol. The van der Waals surface area contributed by atoms with Crippen LogP contribution in [0.3, 0.4) is 0 Å². The Morgan fingerprint density at radius 3 is 2.83 bits per heavy atom. The number of nitrogens with zero attached hydrogens (tertiary/aromatic N) is 5. The number of hydrazone groups is 1. The van der Waals surface area contributed by atoms with Gasteiger partial charge >= 0.3 is 0 Å². The van der Waals surface area contributed by atoms with Gasteiger partial charge in [-0.15, -0.1) is 0 Å². The number of carbonyl (C=O) groups excluding carboxylic acids is 1. The fourth-order valence-electron chi connectivity index (χ4n) is 3.18. The minimum Gasteiger partial charge on any atom is -0.378 e. The molecule has 3 heterocycles. The van der Waals surface area contributed by atoms with Crippen molar-refractivity contribution in [2.45, 2.75) is 6.92 Å². The van der Waals surface area contributed by atoms with Crippen molar-refractivity contribution < 1.29 is 9.53 Å². The fraction of sp³-hybridized carbons (Fsp3) is 0.300. The zero-order valence-corrected chi connectivity index (χ0v) is 16.4. The van der Waals surface area contributed by atoms with Gasteiger partial charge in [0.05, 0.1) is 19.4 Å². The Kier molecular flexibility index (Phi) is 5.39. The summed E-state index contributed by atoms with van der Waals surface area (Å²) in [6.07, 6.45) is 3.45. The van der Waals surface area contributed by atoms with E-state index in [2.05, 4.69) is 25.7 Å². The van der Waals surface area contributed by atoms with Gasteiger partial charge in [0.25, 0.3) is 5.91 Å². The molecule has 0 spiro atoms. The van der Waals surface area contributed by atoms with E-state index in [1.165, 1.54) is 5.56 Å². The Balaban J connectivity index is 1.67. The summed E-state index contributed by atoms with van der Waals surface area (Å²) < 4.78 is 7.28. The largest absolute Gasteiger partial charge is 0.378 e. The van der Waals surface area contributed by atoms with Crippen LogP contribution in [0.1, 0.15) is 21.6 Å². The number of carbonyl (C=O) groups is 1. The zero-order valence-electron chi connectivity index (χ0n) is 16.4. The van der Waals surface area contributed by atoms with Crippen LogP contribution in [-0.4, -0.2) is 59.8 Å². The van der Waals surface area contributed by atoms with Crippen molar-refractivity contribution in [2.75, 3.05) is 43.7 Å². The van der Waals surface area contributed by atoms with Crippen LogP contribution >= 0.6 is 0 Å². The number of ether oxygens (including phenoxy) is 1. The van der Waals surface area contributed by atoms with Crippen molar-refractivity contribution >= 4 is 29.5 Å². The topological polar surface area (TPSA) is 96.2 Å². The van der Waals surface area contributed by atoms with Crippen LogP contribution in [0.5, 0.6) is 0 Å². The van der Waals surface area contributed by atoms with Crippen LogP contribution in [0.4, 0.5) is 11.8 Å². The summed E-state index contributed by atoms with van der Waals surface area (Å²) in [4.78, 5) is 23.3. The second-order valence-corrected chi connectivity index (χ2v) is 6.76. The van der Waals surface area contributed by atoms with E-state index in [0.29, 0.717) is 49.4 Å². The number of aryl methyl sites for hydroxylation is 1. The molecule has 2 aromatic heterocycles. The lowest BCUT2D eigenvalue weighted by Gasteiger charge is -2.28. The third kappa shape index (κ3) is 4.19. The number of anilines is 2. The Hall–Kier alpha value is -3.46. The maximum Gasteiger partial charge on any atom is 0.271 e. The normalized spacial score (nSPS) is 14.5. The molecule has 1 aliphatic rings. The third-order valence-corrected chi connectivity index (χ3v) is 4.62. The molecule has 2 N–H and O–H groups in total. The Bertz CT molecular complexity index is 1050. The Morgan fingerprint density at radius 2 is 2.07 bits per heavy atom. The molecule has 1 fully saturated rings. The number of hydrogen-bond donors (Lipinski definition) is 2. The van der Waals surface area contributed by atoms with E-state index in [0.717, 1.165) is 5.56 Å². The molecule has 1 aliphatic heterocycles. The molecule has 0 atom stereocenters. The number of morpholine rings is 1. The van der Waals surface area contributed by atoms with Crippen molar-refractivity contribution in [1.29, 1.82) is 0 Å². The first kappa shape index (κ1) is 18.9. The molecule has 1 amide bonds. The maximum atomic E-state index is 12.0. The van der Waals surface area contributed by atoms with Gasteiger partial charge in [-0.3, -0.25) is 14.6 Å². The van der Waals surface area contributed by atoms with Gasteiger partial charge in [-0.05, 0) is 12.5 Å². The highest BCUT2D eigenvalue weighted by atomic mass is 16.5. The molecule has 29 heavy (non-hydrogen) atoms. The lowest BCUT2D eigenvalue weighted by atomic mass is 10.2. The quantitative estimate of drug-likeness (QED) is 0.506. The van der Waals surface area contributed by atoms with Crippen LogP contribution in [0.2, 0.25) is 0 Å². The first-order chi connectivity index (χ1) is 14.1. The summed E-state index contributed by atoms with van der Waals surface area (Å²) in [6.45, 7) is 4.72. The van der Waals surface area contributed by atoms with Crippen LogP contribution < -0.4 is 15.6 Å². The molecule has 0 aliphatic carbocycles. The molecule has 0 saturated carbocycles. The van der Waals surface area contributed by atoms with Crippen LogP contribution in [0.15, 0.2) is 41.6 Å². The van der Waals surface area contributed by atoms with Gasteiger partial charge in [-0.25, -0.2) is 4.98 Å². The molecule has 1 aromatic carbocycles. The van der Waals surface area contributed by atoms with Crippen molar-refractivity contribution in [3.8, 4) is 0 Å². The highest BCUT2D eigenvalue weighted by Gasteiger charge is 2.19. The van der Waals surface area contributed by atoms with E-state index >= 15 is 0 Å². The van der Waals surface area contributed by atoms with Crippen LogP contribution in [-0.2, 0) is 4.74 Å². The van der Waals surface area contributed by atoms with Gasteiger partial charge in [0.1, 0.15) is 11.3 Å². The first-order valence-electron chi connectivity index (χ1n) is 9.45. The summed E-state index contributed by atoms with van der Waals surface area (Å²) in [7, 11) is 1.58. The molecule has 0 radical (unpaired) electrons. The van der Waals surface area contributed by atoms with Gasteiger partial charge in [0.15, 0.2) is 5.82 Å². The lowest BCUT2D eigenvalue weighted by molar-refractivity contribution is 0.0958. The van der Waals surface area contributed by atoms with E-state index < -0.39 is 0 Å². The smallest absolute Gasteiger partial charge is 0.271 e. The summed E-state index contributed by atoms with van der Waals surface area (Å²) in [6, 6.07) is 9.83. The number of aromatic nitrogens is 3. The Morgan fingerprint density at radius 1 is 1.24 bits per heavy atom. The standard InChI is InChI=1S/C20H23N7O2/c1-14-4-3-5-15(10-14)12-22-25-17-11-18-23-16(19(28)21-2)13-27(18)20(24-17)26-6-8-29-9-7-26/h3-5,10-13,25H,6-9H2,1-2H3,(H,21,28)/b22-12+. The average Bonchev–Trinajstić information content (AvgIpc) is 3.17. The van der Waals surface area contributed by atoms with E-state index in [-0.39, 0.29) is 5.91 Å². The van der Waals surface area contributed by atoms with Crippen LogP contribution in [0, 0.1) is 6.92 Å².